The highest BCUT2D eigenvalue weighted by Crippen LogP contribution is 2.25. The standard InChI is InChI=1S/C18H14N2O3S2/c21-25(12-15-10-24-18(20-15)16-7-4-8-22-16)11-14-9-23-17(19-14)13-5-2-1-3-6-13/h1-10H,11-12H2. The normalized spacial score (nSPS) is 12.3. The number of aromatic nitrogens is 2. The molecule has 0 aliphatic carbocycles. The van der Waals surface area contributed by atoms with Gasteiger partial charge in [-0.15, -0.1) is 11.3 Å². The summed E-state index contributed by atoms with van der Waals surface area (Å²) in [6.45, 7) is 0. The fourth-order valence-corrected chi connectivity index (χ4v) is 4.29. The Hall–Kier alpha value is -2.51. The summed E-state index contributed by atoms with van der Waals surface area (Å²) in [6, 6.07) is 13.3. The molecule has 0 saturated heterocycles. The van der Waals surface area contributed by atoms with Crippen molar-refractivity contribution < 1.29 is 13.0 Å². The highest BCUT2D eigenvalue weighted by Gasteiger charge is 2.13. The van der Waals surface area contributed by atoms with Crippen LogP contribution in [-0.2, 0) is 22.3 Å². The summed E-state index contributed by atoms with van der Waals surface area (Å²) in [7, 11) is -1.11. The summed E-state index contributed by atoms with van der Waals surface area (Å²) in [6.07, 6.45) is 3.18. The molecule has 3 aromatic heterocycles. The Bertz CT molecular complexity index is 975. The van der Waals surface area contributed by atoms with Crippen LogP contribution in [0.2, 0.25) is 0 Å². The Labute approximate surface area is 150 Å². The van der Waals surface area contributed by atoms with E-state index in [9.17, 15) is 4.21 Å². The van der Waals surface area contributed by atoms with Gasteiger partial charge in [0.25, 0.3) is 0 Å². The van der Waals surface area contributed by atoms with Gasteiger partial charge in [0.1, 0.15) is 6.26 Å². The van der Waals surface area contributed by atoms with Crippen molar-refractivity contribution in [1.29, 1.82) is 0 Å². The van der Waals surface area contributed by atoms with Gasteiger partial charge in [0.15, 0.2) is 10.8 Å². The maximum atomic E-state index is 12.4. The average Bonchev–Trinajstić information content (AvgIpc) is 3.37. The van der Waals surface area contributed by atoms with E-state index < -0.39 is 10.8 Å². The van der Waals surface area contributed by atoms with Crippen molar-refractivity contribution in [3.63, 3.8) is 0 Å². The second-order valence-electron chi connectivity index (χ2n) is 5.36. The molecule has 1 atom stereocenters. The first-order valence-corrected chi connectivity index (χ1v) is 9.98. The number of rotatable bonds is 6. The van der Waals surface area contributed by atoms with Crippen LogP contribution in [0.5, 0.6) is 0 Å². The van der Waals surface area contributed by atoms with E-state index in [-0.39, 0.29) is 0 Å². The molecule has 0 aliphatic rings. The molecule has 4 rings (SSSR count). The first-order valence-electron chi connectivity index (χ1n) is 7.61. The molecule has 0 saturated carbocycles. The minimum absolute atomic E-state index is 0.337. The number of nitrogens with zero attached hydrogens (tertiary/aromatic N) is 2. The Morgan fingerprint density at radius 2 is 1.80 bits per heavy atom. The average molecular weight is 370 g/mol. The predicted molar refractivity (Wildman–Crippen MR) is 97.3 cm³/mol. The Kier molecular flexibility index (Phi) is 4.58. The van der Waals surface area contributed by atoms with Gasteiger partial charge in [0, 0.05) is 21.7 Å². The molecule has 0 bridgehead atoms. The van der Waals surface area contributed by atoms with Crippen LogP contribution >= 0.6 is 11.3 Å². The van der Waals surface area contributed by atoms with Crippen molar-refractivity contribution in [2.24, 2.45) is 0 Å². The third-order valence-corrected chi connectivity index (χ3v) is 5.62. The van der Waals surface area contributed by atoms with Crippen LogP contribution in [0.1, 0.15) is 11.4 Å². The number of hydrogen-bond acceptors (Lipinski definition) is 6. The highest BCUT2D eigenvalue weighted by atomic mass is 32.2. The Morgan fingerprint density at radius 1 is 0.960 bits per heavy atom. The van der Waals surface area contributed by atoms with Crippen molar-refractivity contribution in [3.8, 4) is 22.2 Å². The van der Waals surface area contributed by atoms with Gasteiger partial charge in [-0.2, -0.15) is 0 Å². The predicted octanol–water partition coefficient (Wildman–Crippen LogP) is 4.51. The monoisotopic (exact) mass is 370 g/mol. The molecule has 0 spiro atoms. The van der Waals surface area contributed by atoms with E-state index in [4.69, 9.17) is 8.83 Å². The Balaban J connectivity index is 1.40. The molecule has 7 heteroatoms. The zero-order valence-corrected chi connectivity index (χ0v) is 14.8. The SMILES string of the molecule is O=S(Cc1coc(-c2ccccc2)n1)Cc1csc(-c2ccco2)n1. The molecule has 5 nitrogen and oxygen atoms in total. The van der Waals surface area contributed by atoms with E-state index in [2.05, 4.69) is 9.97 Å². The molecule has 1 aromatic carbocycles. The molecule has 126 valence electrons. The van der Waals surface area contributed by atoms with Gasteiger partial charge in [-0.05, 0) is 24.3 Å². The van der Waals surface area contributed by atoms with Gasteiger partial charge in [-0.3, -0.25) is 4.21 Å². The van der Waals surface area contributed by atoms with E-state index in [0.717, 1.165) is 22.0 Å². The van der Waals surface area contributed by atoms with E-state index >= 15 is 0 Å². The lowest BCUT2D eigenvalue weighted by molar-refractivity contribution is 0.573. The summed E-state index contributed by atoms with van der Waals surface area (Å²) in [5.74, 6) is 1.99. The molecular weight excluding hydrogens is 356 g/mol. The van der Waals surface area contributed by atoms with Crippen LogP contribution in [0.25, 0.3) is 22.2 Å². The van der Waals surface area contributed by atoms with Crippen LogP contribution in [0.15, 0.2) is 69.2 Å². The summed E-state index contributed by atoms with van der Waals surface area (Å²) < 4.78 is 23.2. The van der Waals surface area contributed by atoms with Crippen LogP contribution < -0.4 is 0 Å². The van der Waals surface area contributed by atoms with Crippen LogP contribution in [-0.4, -0.2) is 14.2 Å². The minimum atomic E-state index is -1.11. The lowest BCUT2D eigenvalue weighted by Gasteiger charge is -1.96. The molecule has 4 aromatic rings. The van der Waals surface area contributed by atoms with Crippen molar-refractivity contribution in [2.45, 2.75) is 11.5 Å². The first-order chi connectivity index (χ1) is 12.3. The largest absolute Gasteiger partial charge is 0.462 e. The van der Waals surface area contributed by atoms with Gasteiger partial charge in [0.05, 0.1) is 29.2 Å². The summed E-state index contributed by atoms with van der Waals surface area (Å²) in [5, 5.41) is 2.71. The van der Waals surface area contributed by atoms with E-state index in [0.29, 0.717) is 23.1 Å². The lowest BCUT2D eigenvalue weighted by Crippen LogP contribution is -2.00. The maximum Gasteiger partial charge on any atom is 0.226 e. The number of thiazole rings is 1. The third-order valence-electron chi connectivity index (χ3n) is 3.47. The molecule has 0 radical (unpaired) electrons. The van der Waals surface area contributed by atoms with E-state index in [1.807, 2.05) is 47.8 Å². The molecule has 0 N–H and O–H groups in total. The van der Waals surface area contributed by atoms with Gasteiger partial charge >= 0.3 is 0 Å². The third kappa shape index (κ3) is 3.78. The molecule has 25 heavy (non-hydrogen) atoms. The quantitative estimate of drug-likeness (QED) is 0.499. The zero-order valence-electron chi connectivity index (χ0n) is 13.1. The Morgan fingerprint density at radius 3 is 2.60 bits per heavy atom. The van der Waals surface area contributed by atoms with Gasteiger partial charge in [-0.1, -0.05) is 18.2 Å². The maximum absolute atomic E-state index is 12.4. The van der Waals surface area contributed by atoms with Crippen molar-refractivity contribution in [3.05, 3.63) is 71.8 Å². The lowest BCUT2D eigenvalue weighted by atomic mass is 10.2. The summed E-state index contributed by atoms with van der Waals surface area (Å²) in [4.78, 5) is 8.89. The second kappa shape index (κ2) is 7.16. The second-order valence-corrected chi connectivity index (χ2v) is 7.67. The first kappa shape index (κ1) is 16.0. The summed E-state index contributed by atoms with van der Waals surface area (Å²) >= 11 is 1.48. The molecule has 3 heterocycles. The topological polar surface area (TPSA) is 69.1 Å². The number of benzene rings is 1. The van der Waals surface area contributed by atoms with Crippen LogP contribution in [0.3, 0.4) is 0 Å². The van der Waals surface area contributed by atoms with Gasteiger partial charge < -0.3 is 8.83 Å². The highest BCUT2D eigenvalue weighted by molar-refractivity contribution is 7.83. The van der Waals surface area contributed by atoms with Crippen molar-refractivity contribution in [1.82, 2.24) is 9.97 Å². The zero-order chi connectivity index (χ0) is 17.1. The molecular formula is C18H14N2O3S2. The fraction of sp³-hybridized carbons (Fsp3) is 0.111. The van der Waals surface area contributed by atoms with Crippen LogP contribution in [0, 0.1) is 0 Å². The smallest absolute Gasteiger partial charge is 0.226 e. The number of hydrogen-bond donors (Lipinski definition) is 0. The number of oxazole rings is 1. The van der Waals surface area contributed by atoms with E-state index in [1.165, 1.54) is 11.3 Å². The molecule has 0 fully saturated rings. The minimum Gasteiger partial charge on any atom is -0.462 e. The van der Waals surface area contributed by atoms with Crippen molar-refractivity contribution >= 4 is 22.1 Å². The fourth-order valence-electron chi connectivity index (χ4n) is 2.35. The van der Waals surface area contributed by atoms with E-state index in [1.54, 1.807) is 12.5 Å². The van der Waals surface area contributed by atoms with Gasteiger partial charge in [-0.25, -0.2) is 9.97 Å². The number of furan rings is 1. The van der Waals surface area contributed by atoms with Crippen molar-refractivity contribution in [2.75, 3.05) is 0 Å². The molecule has 0 aliphatic heterocycles. The van der Waals surface area contributed by atoms with Gasteiger partial charge in [0.2, 0.25) is 5.89 Å². The molecule has 0 amide bonds. The molecule has 1 unspecified atom stereocenters. The summed E-state index contributed by atoms with van der Waals surface area (Å²) in [5.41, 5.74) is 2.38. The van der Waals surface area contributed by atoms with Crippen LogP contribution in [0.4, 0.5) is 0 Å².